The fourth-order valence-electron chi connectivity index (χ4n) is 8.97. The molecule has 1 aromatic heterocycles. The summed E-state index contributed by atoms with van der Waals surface area (Å²) < 4.78 is 2.36. The minimum absolute atomic E-state index is 0.102. The van der Waals surface area contributed by atoms with Crippen molar-refractivity contribution < 1.29 is 0 Å². The third-order valence-corrected chi connectivity index (χ3v) is 11.9. The fourth-order valence-corrected chi connectivity index (χ4v) is 8.97. The molecule has 0 spiro atoms. The van der Waals surface area contributed by atoms with Gasteiger partial charge in [0.1, 0.15) is 0 Å². The minimum Gasteiger partial charge on any atom is -0.312 e. The van der Waals surface area contributed by atoms with Crippen molar-refractivity contribution in [3.8, 4) is 27.9 Å². The maximum absolute atomic E-state index is 6.91. The van der Waals surface area contributed by atoms with Crippen LogP contribution in [0.1, 0.15) is 53.9 Å². The SMILES string of the molecule is CC1(C)c2cc3ccccc3cc2-c2c(/C=C/C(NC(N)c3ccccc3)c3cccc(-c4ccc5c(c4)c4ccccc4n5-c4ccccc4)c3)cccc21. The second-order valence-corrected chi connectivity index (χ2v) is 15.6. The molecule has 10 rings (SSSR count). The summed E-state index contributed by atoms with van der Waals surface area (Å²) in [4.78, 5) is 0. The monoisotopic (exact) mass is 721 g/mol. The second kappa shape index (κ2) is 13.6. The van der Waals surface area contributed by atoms with E-state index in [0.717, 1.165) is 22.4 Å². The van der Waals surface area contributed by atoms with E-state index in [9.17, 15) is 0 Å². The predicted octanol–water partition coefficient (Wildman–Crippen LogP) is 12.9. The highest BCUT2D eigenvalue weighted by molar-refractivity contribution is 6.10. The number of nitrogens with two attached hydrogens (primary N) is 1. The normalized spacial score (nSPS) is 14.3. The number of rotatable bonds is 8. The van der Waals surface area contributed by atoms with Gasteiger partial charge in [-0.2, -0.15) is 0 Å². The van der Waals surface area contributed by atoms with Crippen molar-refractivity contribution in [1.29, 1.82) is 0 Å². The van der Waals surface area contributed by atoms with E-state index in [0.29, 0.717) is 0 Å². The quantitative estimate of drug-likeness (QED) is 0.153. The summed E-state index contributed by atoms with van der Waals surface area (Å²) in [5.74, 6) is 0. The first-order valence-electron chi connectivity index (χ1n) is 19.5. The third-order valence-electron chi connectivity index (χ3n) is 11.9. The van der Waals surface area contributed by atoms with Crippen molar-refractivity contribution in [3.63, 3.8) is 0 Å². The average molecular weight is 722 g/mol. The van der Waals surface area contributed by atoms with Crippen LogP contribution in [0.3, 0.4) is 0 Å². The number of aromatic nitrogens is 1. The molecule has 3 heteroatoms. The number of hydrogen-bond acceptors (Lipinski definition) is 2. The Morgan fingerprint density at radius 3 is 2.04 bits per heavy atom. The Hall–Kier alpha value is -6.52. The minimum atomic E-state index is -0.359. The Balaban J connectivity index is 1.07. The first-order chi connectivity index (χ1) is 27.4. The van der Waals surface area contributed by atoms with Gasteiger partial charge in [-0.3, -0.25) is 5.32 Å². The van der Waals surface area contributed by atoms with Crippen molar-refractivity contribution in [2.24, 2.45) is 5.73 Å². The summed E-state index contributed by atoms with van der Waals surface area (Å²) >= 11 is 0. The van der Waals surface area contributed by atoms with Crippen LogP contribution in [0.4, 0.5) is 0 Å². The van der Waals surface area contributed by atoms with Crippen LogP contribution in [0.25, 0.3) is 66.6 Å². The molecule has 2 atom stereocenters. The van der Waals surface area contributed by atoms with E-state index in [1.165, 1.54) is 66.0 Å². The molecular formula is C53H43N3. The Morgan fingerprint density at radius 1 is 0.554 bits per heavy atom. The lowest BCUT2D eigenvalue weighted by Crippen LogP contribution is -2.31. The Bertz CT molecular complexity index is 2940. The van der Waals surface area contributed by atoms with Crippen LogP contribution in [-0.2, 0) is 5.41 Å². The highest BCUT2D eigenvalue weighted by atomic mass is 15.0. The zero-order valence-electron chi connectivity index (χ0n) is 31.7. The molecule has 2 unspecified atom stereocenters. The molecule has 0 aliphatic heterocycles. The van der Waals surface area contributed by atoms with E-state index < -0.39 is 0 Å². The molecule has 9 aromatic rings. The molecular weight excluding hydrogens is 679 g/mol. The molecule has 3 N–H and O–H groups in total. The third kappa shape index (κ3) is 5.76. The molecule has 0 saturated heterocycles. The highest BCUT2D eigenvalue weighted by Crippen LogP contribution is 2.51. The van der Waals surface area contributed by atoms with Gasteiger partial charge in [-0.05, 0) is 109 Å². The maximum atomic E-state index is 6.91. The van der Waals surface area contributed by atoms with E-state index in [1.54, 1.807) is 0 Å². The van der Waals surface area contributed by atoms with Crippen LogP contribution < -0.4 is 11.1 Å². The molecule has 0 saturated carbocycles. The van der Waals surface area contributed by atoms with E-state index in [4.69, 9.17) is 5.73 Å². The largest absolute Gasteiger partial charge is 0.312 e. The molecule has 0 amide bonds. The van der Waals surface area contributed by atoms with Crippen molar-refractivity contribution >= 4 is 38.7 Å². The van der Waals surface area contributed by atoms with Gasteiger partial charge in [0.2, 0.25) is 0 Å². The first kappa shape index (κ1) is 34.0. The summed E-state index contributed by atoms with van der Waals surface area (Å²) in [5.41, 5.74) is 21.5. The van der Waals surface area contributed by atoms with Crippen molar-refractivity contribution in [1.82, 2.24) is 9.88 Å². The van der Waals surface area contributed by atoms with Crippen LogP contribution in [0.15, 0.2) is 188 Å². The smallest absolute Gasteiger partial charge is 0.0817 e. The zero-order valence-corrected chi connectivity index (χ0v) is 31.7. The summed E-state index contributed by atoms with van der Waals surface area (Å²) in [6, 6.07) is 65.5. The summed E-state index contributed by atoms with van der Waals surface area (Å²) in [6.45, 7) is 4.71. The molecule has 1 aliphatic carbocycles. The maximum Gasteiger partial charge on any atom is 0.0817 e. The second-order valence-electron chi connectivity index (χ2n) is 15.6. The zero-order chi connectivity index (χ0) is 37.8. The van der Waals surface area contributed by atoms with Crippen LogP contribution in [0, 0.1) is 0 Å². The molecule has 270 valence electrons. The van der Waals surface area contributed by atoms with Gasteiger partial charge in [0.05, 0.1) is 23.2 Å². The topological polar surface area (TPSA) is 43.0 Å². The Kier molecular flexibility index (Phi) is 8.29. The number of benzene rings is 8. The summed E-state index contributed by atoms with van der Waals surface area (Å²) in [5, 5.41) is 8.82. The van der Waals surface area contributed by atoms with Crippen LogP contribution in [0.2, 0.25) is 0 Å². The lowest BCUT2D eigenvalue weighted by molar-refractivity contribution is 0.509. The molecule has 1 heterocycles. The average Bonchev–Trinajstić information content (AvgIpc) is 3.70. The summed E-state index contributed by atoms with van der Waals surface area (Å²) in [6.07, 6.45) is 4.23. The van der Waals surface area contributed by atoms with Crippen LogP contribution in [-0.4, -0.2) is 4.57 Å². The lowest BCUT2D eigenvalue weighted by atomic mass is 9.81. The van der Waals surface area contributed by atoms with Gasteiger partial charge in [-0.15, -0.1) is 0 Å². The van der Waals surface area contributed by atoms with Gasteiger partial charge < -0.3 is 10.3 Å². The van der Waals surface area contributed by atoms with E-state index in [1.807, 2.05) is 18.2 Å². The van der Waals surface area contributed by atoms with Gasteiger partial charge in [-0.25, -0.2) is 0 Å². The number of hydrogen-bond donors (Lipinski definition) is 2. The van der Waals surface area contributed by atoms with Gasteiger partial charge >= 0.3 is 0 Å². The Morgan fingerprint density at radius 2 is 1.21 bits per heavy atom. The fraction of sp³-hybridized carbons (Fsp3) is 0.0943. The van der Waals surface area contributed by atoms with E-state index in [2.05, 4.69) is 200 Å². The lowest BCUT2D eigenvalue weighted by Gasteiger charge is -2.23. The number of nitrogens with zero attached hydrogens (tertiary/aromatic N) is 1. The van der Waals surface area contributed by atoms with Crippen molar-refractivity contribution in [2.75, 3.05) is 0 Å². The van der Waals surface area contributed by atoms with E-state index >= 15 is 0 Å². The number of fused-ring (bicyclic) bond motifs is 7. The van der Waals surface area contributed by atoms with Crippen LogP contribution >= 0.6 is 0 Å². The van der Waals surface area contributed by atoms with Crippen molar-refractivity contribution in [3.05, 3.63) is 216 Å². The van der Waals surface area contributed by atoms with Gasteiger partial charge in [0, 0.05) is 21.9 Å². The molecule has 0 bridgehead atoms. The van der Waals surface area contributed by atoms with Crippen LogP contribution in [0.5, 0.6) is 0 Å². The van der Waals surface area contributed by atoms with Crippen molar-refractivity contribution in [2.45, 2.75) is 31.5 Å². The highest BCUT2D eigenvalue weighted by Gasteiger charge is 2.36. The molecule has 56 heavy (non-hydrogen) atoms. The standard InChI is InChI=1S/C53H43N3/c1-53(2)46-25-14-19-35(51(46)45-33-38-17-9-10-18-39(38)34-47(45)53)27-29-48(55-52(54)36-15-5-3-6-16-36)41-21-13-20-37(31-41)40-28-30-50-44(32-40)43-24-11-12-26-49(43)56(50)42-22-7-4-8-23-42/h3-34,48,52,55H,54H2,1-2H3/b29-27+. The van der Waals surface area contributed by atoms with Gasteiger partial charge in [0.15, 0.2) is 0 Å². The molecule has 3 nitrogen and oxygen atoms in total. The molecule has 0 radical (unpaired) electrons. The first-order valence-corrected chi connectivity index (χ1v) is 19.5. The number of para-hydroxylation sites is 2. The van der Waals surface area contributed by atoms with Gasteiger partial charge in [0.25, 0.3) is 0 Å². The summed E-state index contributed by atoms with van der Waals surface area (Å²) in [7, 11) is 0. The Labute approximate surface area is 328 Å². The van der Waals surface area contributed by atoms with Gasteiger partial charge in [-0.1, -0.05) is 159 Å². The number of nitrogens with one attached hydrogen (secondary N) is 1. The molecule has 1 aliphatic rings. The molecule has 0 fully saturated rings. The predicted molar refractivity (Wildman–Crippen MR) is 236 cm³/mol. The van der Waals surface area contributed by atoms with E-state index in [-0.39, 0.29) is 17.6 Å². The molecule has 8 aromatic carbocycles.